The van der Waals surface area contributed by atoms with Crippen LogP contribution in [0.1, 0.15) is 62.7 Å². The van der Waals surface area contributed by atoms with Crippen LogP contribution in [0.25, 0.3) is 0 Å². The van der Waals surface area contributed by atoms with Gasteiger partial charge in [0.1, 0.15) is 12.2 Å². The molecule has 1 saturated heterocycles. The SMILES string of the molecule is CCC(C)C1(Oc2cc(C(=O)OCCN3CCOCC3)ccc2F)C2CC3CC(C2)CC1C3. The van der Waals surface area contributed by atoms with Crippen molar-refractivity contribution in [3.63, 3.8) is 0 Å². The Morgan fingerprint density at radius 3 is 2.45 bits per heavy atom. The molecule has 1 heterocycles. The fourth-order valence-electron chi connectivity index (χ4n) is 7.39. The summed E-state index contributed by atoms with van der Waals surface area (Å²) in [5.41, 5.74) is 0.0264. The zero-order chi connectivity index (χ0) is 23.0. The van der Waals surface area contributed by atoms with Crippen LogP contribution in [0.15, 0.2) is 18.2 Å². The molecule has 182 valence electrons. The lowest BCUT2D eigenvalue weighted by Crippen LogP contribution is -2.63. The Morgan fingerprint density at radius 2 is 1.82 bits per heavy atom. The first kappa shape index (κ1) is 23.1. The molecule has 0 radical (unpaired) electrons. The molecule has 1 aliphatic heterocycles. The highest BCUT2D eigenvalue weighted by Crippen LogP contribution is 2.62. The van der Waals surface area contributed by atoms with Crippen molar-refractivity contribution in [3.8, 4) is 5.75 Å². The zero-order valence-corrected chi connectivity index (χ0v) is 20.1. The first-order valence-electron chi connectivity index (χ1n) is 12.9. The molecule has 1 aromatic carbocycles. The lowest BCUT2D eigenvalue weighted by molar-refractivity contribution is -0.184. The molecule has 0 aromatic heterocycles. The Labute approximate surface area is 196 Å². The summed E-state index contributed by atoms with van der Waals surface area (Å²) in [5, 5.41) is 0. The molecule has 4 saturated carbocycles. The first-order valence-corrected chi connectivity index (χ1v) is 12.9. The van der Waals surface area contributed by atoms with Crippen LogP contribution in [0, 0.1) is 35.4 Å². The van der Waals surface area contributed by atoms with Crippen molar-refractivity contribution in [1.82, 2.24) is 4.90 Å². The van der Waals surface area contributed by atoms with Gasteiger partial charge in [0, 0.05) is 19.6 Å². The van der Waals surface area contributed by atoms with Gasteiger partial charge in [0.05, 0.1) is 18.8 Å². The van der Waals surface area contributed by atoms with Crippen LogP contribution in [0.5, 0.6) is 5.75 Å². The van der Waals surface area contributed by atoms with Gasteiger partial charge in [-0.05, 0) is 86.3 Å². The molecular weight excluding hydrogens is 421 g/mol. The maximum atomic E-state index is 15.0. The maximum absolute atomic E-state index is 15.0. The molecule has 1 atom stereocenters. The largest absolute Gasteiger partial charge is 0.483 e. The van der Waals surface area contributed by atoms with Crippen molar-refractivity contribution in [2.45, 2.75) is 58.0 Å². The van der Waals surface area contributed by atoms with Crippen molar-refractivity contribution in [2.75, 3.05) is 39.5 Å². The molecule has 5 aliphatic rings. The average Bonchev–Trinajstić information content (AvgIpc) is 2.82. The molecule has 1 unspecified atom stereocenters. The van der Waals surface area contributed by atoms with Gasteiger partial charge in [-0.25, -0.2) is 9.18 Å². The summed E-state index contributed by atoms with van der Waals surface area (Å²) in [5.74, 6) is 2.32. The van der Waals surface area contributed by atoms with E-state index in [1.165, 1.54) is 44.2 Å². The standard InChI is InChI=1S/C27H38FNO4/c1-3-18(2)27(22-13-19-12-20(15-22)16-23(27)14-19)33-25-17-21(4-5-24(25)28)26(30)32-11-8-29-6-9-31-10-7-29/h4-5,17-20,22-23H,3,6-16H2,1-2H3. The lowest BCUT2D eigenvalue weighted by atomic mass is 9.47. The predicted molar refractivity (Wildman–Crippen MR) is 124 cm³/mol. The topological polar surface area (TPSA) is 48.0 Å². The van der Waals surface area contributed by atoms with E-state index >= 15 is 0 Å². The van der Waals surface area contributed by atoms with Gasteiger partial charge in [0.2, 0.25) is 0 Å². The Kier molecular flexibility index (Phi) is 6.67. The van der Waals surface area contributed by atoms with E-state index in [2.05, 4.69) is 18.7 Å². The highest BCUT2D eigenvalue weighted by atomic mass is 19.1. The van der Waals surface area contributed by atoms with Gasteiger partial charge in [-0.15, -0.1) is 0 Å². The van der Waals surface area contributed by atoms with E-state index in [-0.39, 0.29) is 11.4 Å². The Morgan fingerprint density at radius 1 is 1.15 bits per heavy atom. The van der Waals surface area contributed by atoms with Crippen molar-refractivity contribution in [1.29, 1.82) is 0 Å². The minimum Gasteiger partial charge on any atom is -0.483 e. The number of hydrogen-bond donors (Lipinski definition) is 0. The van der Waals surface area contributed by atoms with E-state index in [0.717, 1.165) is 31.3 Å². The van der Waals surface area contributed by atoms with Crippen molar-refractivity contribution in [2.24, 2.45) is 29.6 Å². The highest BCUT2D eigenvalue weighted by molar-refractivity contribution is 5.89. The number of ether oxygens (including phenoxy) is 3. The van der Waals surface area contributed by atoms with E-state index < -0.39 is 11.8 Å². The summed E-state index contributed by atoms with van der Waals surface area (Å²) in [7, 11) is 0. The number of halogens is 1. The summed E-state index contributed by atoms with van der Waals surface area (Å²) >= 11 is 0. The molecule has 1 aromatic rings. The number of carbonyl (C=O) groups is 1. The van der Waals surface area contributed by atoms with Gasteiger partial charge in [-0.3, -0.25) is 4.90 Å². The summed E-state index contributed by atoms with van der Waals surface area (Å²) in [6.45, 7) is 8.62. The third-order valence-corrected chi connectivity index (χ3v) is 8.99. The Bertz CT molecular complexity index is 825. The van der Waals surface area contributed by atoms with Gasteiger partial charge in [0.25, 0.3) is 0 Å². The van der Waals surface area contributed by atoms with Crippen LogP contribution in [0.2, 0.25) is 0 Å². The van der Waals surface area contributed by atoms with Gasteiger partial charge in [-0.1, -0.05) is 13.8 Å². The molecule has 6 heteroatoms. The van der Waals surface area contributed by atoms with Crippen LogP contribution in [-0.4, -0.2) is 55.9 Å². The molecule has 0 amide bonds. The van der Waals surface area contributed by atoms with E-state index in [1.807, 2.05) is 0 Å². The number of esters is 1. The second-order valence-corrected chi connectivity index (χ2v) is 10.8. The van der Waals surface area contributed by atoms with E-state index in [1.54, 1.807) is 6.07 Å². The smallest absolute Gasteiger partial charge is 0.338 e. The molecule has 0 N–H and O–H groups in total. The van der Waals surface area contributed by atoms with E-state index in [9.17, 15) is 9.18 Å². The van der Waals surface area contributed by atoms with E-state index in [4.69, 9.17) is 14.2 Å². The monoisotopic (exact) mass is 459 g/mol. The quantitative estimate of drug-likeness (QED) is 0.516. The number of benzene rings is 1. The molecule has 0 spiro atoms. The second kappa shape index (κ2) is 9.53. The zero-order valence-electron chi connectivity index (χ0n) is 20.1. The van der Waals surface area contributed by atoms with Crippen LogP contribution < -0.4 is 4.74 Å². The van der Waals surface area contributed by atoms with Gasteiger partial charge in [-0.2, -0.15) is 0 Å². The third kappa shape index (κ3) is 4.41. The molecule has 5 fully saturated rings. The Hall–Kier alpha value is -1.66. The number of hydrogen-bond acceptors (Lipinski definition) is 5. The van der Waals surface area contributed by atoms with Gasteiger partial charge in [0.15, 0.2) is 11.6 Å². The van der Waals surface area contributed by atoms with Crippen molar-refractivity contribution in [3.05, 3.63) is 29.6 Å². The number of carbonyl (C=O) groups excluding carboxylic acids is 1. The summed E-state index contributed by atoms with van der Waals surface area (Å²) in [4.78, 5) is 14.9. The highest BCUT2D eigenvalue weighted by Gasteiger charge is 2.60. The normalized spacial score (nSPS) is 34.3. The van der Waals surface area contributed by atoms with Crippen LogP contribution in [0.3, 0.4) is 0 Å². The summed E-state index contributed by atoms with van der Waals surface area (Å²) in [6.07, 6.45) is 7.16. The summed E-state index contributed by atoms with van der Waals surface area (Å²) in [6, 6.07) is 4.43. The maximum Gasteiger partial charge on any atom is 0.338 e. The fourth-order valence-corrected chi connectivity index (χ4v) is 7.39. The molecule has 4 bridgehead atoms. The lowest BCUT2D eigenvalue weighted by Gasteiger charge is -2.62. The third-order valence-electron chi connectivity index (χ3n) is 8.99. The van der Waals surface area contributed by atoms with Crippen LogP contribution in [0.4, 0.5) is 4.39 Å². The fraction of sp³-hybridized carbons (Fsp3) is 0.741. The molecule has 6 rings (SSSR count). The minimum absolute atomic E-state index is 0.213. The average molecular weight is 460 g/mol. The molecule has 4 aliphatic carbocycles. The number of rotatable bonds is 8. The van der Waals surface area contributed by atoms with Gasteiger partial charge < -0.3 is 14.2 Å². The second-order valence-electron chi connectivity index (χ2n) is 10.8. The Balaban J connectivity index is 1.31. The van der Waals surface area contributed by atoms with Gasteiger partial charge >= 0.3 is 5.97 Å². The van der Waals surface area contributed by atoms with Crippen molar-refractivity contribution < 1.29 is 23.4 Å². The van der Waals surface area contributed by atoms with E-state index in [0.29, 0.717) is 49.7 Å². The van der Waals surface area contributed by atoms with Crippen LogP contribution >= 0.6 is 0 Å². The molecule has 33 heavy (non-hydrogen) atoms. The number of nitrogens with zero attached hydrogens (tertiary/aromatic N) is 1. The minimum atomic E-state index is -0.421. The molecule has 5 nitrogen and oxygen atoms in total. The molecular formula is C27H38FNO4. The first-order chi connectivity index (χ1) is 16.0. The van der Waals surface area contributed by atoms with Crippen LogP contribution in [-0.2, 0) is 9.47 Å². The predicted octanol–water partition coefficient (Wildman–Crippen LogP) is 4.93. The van der Waals surface area contributed by atoms with Crippen molar-refractivity contribution >= 4 is 5.97 Å². The number of morpholine rings is 1. The summed E-state index contributed by atoms with van der Waals surface area (Å²) < 4.78 is 32.6.